The van der Waals surface area contributed by atoms with Crippen molar-refractivity contribution in [3.05, 3.63) is 56.0 Å². The molecule has 1 aliphatic rings. The van der Waals surface area contributed by atoms with Gasteiger partial charge in [0.25, 0.3) is 5.91 Å². The summed E-state index contributed by atoms with van der Waals surface area (Å²) in [4.78, 5) is 17.7. The van der Waals surface area contributed by atoms with Crippen molar-refractivity contribution in [2.45, 2.75) is 33.2 Å². The van der Waals surface area contributed by atoms with Gasteiger partial charge in [-0.2, -0.15) is 5.10 Å². The molecule has 0 saturated heterocycles. The smallest absolute Gasteiger partial charge is 0.274 e. The first-order valence-corrected chi connectivity index (χ1v) is 9.20. The molecule has 1 aliphatic heterocycles. The van der Waals surface area contributed by atoms with Crippen LogP contribution in [0.25, 0.3) is 5.52 Å². The Labute approximate surface area is 149 Å². The molecule has 1 atom stereocenters. The molecule has 0 bridgehead atoms. The molecule has 4 heterocycles. The Morgan fingerprint density at radius 1 is 1.38 bits per heavy atom. The van der Waals surface area contributed by atoms with Crippen molar-refractivity contribution in [2.75, 3.05) is 6.54 Å². The van der Waals surface area contributed by atoms with E-state index in [1.165, 1.54) is 20.9 Å². The van der Waals surface area contributed by atoms with E-state index in [9.17, 15) is 4.79 Å². The number of nitrogens with zero attached hydrogens (tertiary/aromatic N) is 3. The van der Waals surface area contributed by atoms with Gasteiger partial charge in [-0.05, 0) is 56.5 Å². The molecule has 1 unspecified atom stereocenters. The second-order valence-electron chi connectivity index (χ2n) is 6.29. The Hall–Kier alpha value is -1.85. The predicted molar refractivity (Wildman–Crippen MR) is 97.2 cm³/mol. The van der Waals surface area contributed by atoms with Crippen molar-refractivity contribution in [1.82, 2.24) is 14.5 Å². The molecule has 4 rings (SSSR count). The first-order valence-electron chi connectivity index (χ1n) is 8.00. The summed E-state index contributed by atoms with van der Waals surface area (Å²) >= 11 is 7.86. The average Bonchev–Trinajstić information content (AvgIpc) is 3.09. The van der Waals surface area contributed by atoms with Crippen molar-refractivity contribution in [3.63, 3.8) is 0 Å². The van der Waals surface area contributed by atoms with Crippen LogP contribution in [0.15, 0.2) is 24.4 Å². The third-order valence-electron chi connectivity index (χ3n) is 4.88. The van der Waals surface area contributed by atoms with E-state index in [0.717, 1.165) is 18.5 Å². The zero-order valence-electron chi connectivity index (χ0n) is 13.8. The van der Waals surface area contributed by atoms with E-state index in [1.807, 2.05) is 28.4 Å². The molecule has 1 amide bonds. The number of rotatable bonds is 1. The minimum atomic E-state index is -0.0174. The highest BCUT2D eigenvalue weighted by molar-refractivity contribution is 7.12. The SMILES string of the molecule is Cc1sc2c(c1C)C(C)N(C(=O)c1cc3ccc(Cl)cn3n1)CC2. The van der Waals surface area contributed by atoms with Gasteiger partial charge in [0.15, 0.2) is 5.69 Å². The molecule has 0 aromatic carbocycles. The van der Waals surface area contributed by atoms with Gasteiger partial charge < -0.3 is 4.90 Å². The molecular formula is C18H18ClN3OS. The number of carbonyl (C=O) groups is 1. The van der Waals surface area contributed by atoms with Gasteiger partial charge in [0.05, 0.1) is 16.6 Å². The number of carbonyl (C=O) groups excluding carboxylic acids is 1. The first kappa shape index (κ1) is 15.7. The van der Waals surface area contributed by atoms with Crippen LogP contribution in [0.5, 0.6) is 0 Å². The molecule has 0 radical (unpaired) electrons. The lowest BCUT2D eigenvalue weighted by Crippen LogP contribution is -2.38. The lowest BCUT2D eigenvalue weighted by Gasteiger charge is -2.33. The zero-order chi connectivity index (χ0) is 17.0. The number of hydrogen-bond donors (Lipinski definition) is 0. The summed E-state index contributed by atoms with van der Waals surface area (Å²) in [6, 6.07) is 5.59. The summed E-state index contributed by atoms with van der Waals surface area (Å²) in [5, 5.41) is 5.01. The highest BCUT2D eigenvalue weighted by Gasteiger charge is 2.32. The van der Waals surface area contributed by atoms with Crippen LogP contribution in [0.2, 0.25) is 5.02 Å². The van der Waals surface area contributed by atoms with Gasteiger partial charge in [0, 0.05) is 22.5 Å². The van der Waals surface area contributed by atoms with E-state index in [4.69, 9.17) is 11.6 Å². The Morgan fingerprint density at radius 3 is 2.96 bits per heavy atom. The number of thiophene rings is 1. The Bertz CT molecular complexity index is 959. The molecular weight excluding hydrogens is 342 g/mol. The van der Waals surface area contributed by atoms with E-state index in [2.05, 4.69) is 25.9 Å². The van der Waals surface area contributed by atoms with Crippen LogP contribution in [-0.4, -0.2) is 27.0 Å². The Kier molecular flexibility index (Phi) is 3.66. The fourth-order valence-corrected chi connectivity index (χ4v) is 4.92. The third-order valence-corrected chi connectivity index (χ3v) is 6.38. The van der Waals surface area contributed by atoms with Crippen LogP contribution >= 0.6 is 22.9 Å². The molecule has 0 N–H and O–H groups in total. The summed E-state index contributed by atoms with van der Waals surface area (Å²) in [5.74, 6) is -0.0174. The number of pyridine rings is 1. The second-order valence-corrected chi connectivity index (χ2v) is 8.04. The van der Waals surface area contributed by atoms with Crippen LogP contribution in [0.4, 0.5) is 0 Å². The monoisotopic (exact) mass is 359 g/mol. The summed E-state index contributed by atoms with van der Waals surface area (Å²) in [5.41, 5.74) is 3.98. The van der Waals surface area contributed by atoms with Crippen LogP contribution in [0.1, 0.15) is 44.3 Å². The maximum absolute atomic E-state index is 13.0. The lowest BCUT2D eigenvalue weighted by atomic mass is 9.96. The van der Waals surface area contributed by atoms with Gasteiger partial charge in [-0.1, -0.05) is 11.6 Å². The summed E-state index contributed by atoms with van der Waals surface area (Å²) in [7, 11) is 0. The first-order chi connectivity index (χ1) is 11.5. The van der Waals surface area contributed by atoms with Crippen LogP contribution in [0, 0.1) is 13.8 Å². The largest absolute Gasteiger partial charge is 0.330 e. The number of aryl methyl sites for hydroxylation is 1. The lowest BCUT2D eigenvalue weighted by molar-refractivity contribution is 0.0672. The fraction of sp³-hybridized carbons (Fsp3) is 0.333. The van der Waals surface area contributed by atoms with Crippen molar-refractivity contribution in [1.29, 1.82) is 0 Å². The third kappa shape index (κ3) is 2.34. The minimum absolute atomic E-state index is 0.0174. The topological polar surface area (TPSA) is 37.6 Å². The van der Waals surface area contributed by atoms with E-state index in [1.54, 1.807) is 16.8 Å². The molecule has 0 saturated carbocycles. The van der Waals surface area contributed by atoms with Crippen molar-refractivity contribution in [3.8, 4) is 0 Å². The van der Waals surface area contributed by atoms with Gasteiger partial charge in [-0.25, -0.2) is 4.52 Å². The normalized spacial score (nSPS) is 17.3. The molecule has 6 heteroatoms. The van der Waals surface area contributed by atoms with Crippen molar-refractivity contribution < 1.29 is 4.79 Å². The van der Waals surface area contributed by atoms with Gasteiger partial charge >= 0.3 is 0 Å². The fourth-order valence-electron chi connectivity index (χ4n) is 3.51. The maximum atomic E-state index is 13.0. The van der Waals surface area contributed by atoms with Crippen molar-refractivity contribution >= 4 is 34.4 Å². The van der Waals surface area contributed by atoms with Gasteiger partial charge in [0.1, 0.15) is 0 Å². The quantitative estimate of drug-likeness (QED) is 0.644. The summed E-state index contributed by atoms with van der Waals surface area (Å²) in [6.07, 6.45) is 2.64. The molecule has 3 aromatic rings. The van der Waals surface area contributed by atoms with Gasteiger partial charge in [-0.3, -0.25) is 4.79 Å². The summed E-state index contributed by atoms with van der Waals surface area (Å²) in [6.45, 7) is 7.16. The number of amides is 1. The zero-order valence-corrected chi connectivity index (χ0v) is 15.4. The van der Waals surface area contributed by atoms with E-state index >= 15 is 0 Å². The number of halogens is 1. The molecule has 0 fully saturated rings. The predicted octanol–water partition coefficient (Wildman–Crippen LogP) is 4.43. The molecule has 24 heavy (non-hydrogen) atoms. The standard InChI is InChI=1S/C18H18ClN3OS/c1-10-12(3)24-16-6-7-21(11(2)17(10)16)18(23)15-8-14-5-4-13(19)9-22(14)20-15/h4-5,8-9,11H,6-7H2,1-3H3. The van der Waals surface area contributed by atoms with E-state index in [-0.39, 0.29) is 11.9 Å². The average molecular weight is 360 g/mol. The molecule has 0 aliphatic carbocycles. The second kappa shape index (κ2) is 5.60. The van der Waals surface area contributed by atoms with E-state index < -0.39 is 0 Å². The molecule has 4 nitrogen and oxygen atoms in total. The highest BCUT2D eigenvalue weighted by atomic mass is 35.5. The Balaban J connectivity index is 1.70. The maximum Gasteiger partial charge on any atom is 0.274 e. The van der Waals surface area contributed by atoms with E-state index in [0.29, 0.717) is 10.7 Å². The highest BCUT2D eigenvalue weighted by Crippen LogP contribution is 2.39. The van der Waals surface area contributed by atoms with Crippen LogP contribution in [-0.2, 0) is 6.42 Å². The summed E-state index contributed by atoms with van der Waals surface area (Å²) < 4.78 is 1.66. The molecule has 124 valence electrons. The Morgan fingerprint density at radius 2 is 2.17 bits per heavy atom. The molecule has 3 aromatic heterocycles. The van der Waals surface area contributed by atoms with Crippen molar-refractivity contribution in [2.24, 2.45) is 0 Å². The molecule has 0 spiro atoms. The van der Waals surface area contributed by atoms with Crippen LogP contribution < -0.4 is 0 Å². The van der Waals surface area contributed by atoms with Gasteiger partial charge in [-0.15, -0.1) is 11.3 Å². The number of fused-ring (bicyclic) bond motifs is 2. The number of hydrogen-bond acceptors (Lipinski definition) is 3. The van der Waals surface area contributed by atoms with Gasteiger partial charge in [0.2, 0.25) is 0 Å². The number of aromatic nitrogens is 2. The minimum Gasteiger partial charge on any atom is -0.330 e. The van der Waals surface area contributed by atoms with Crippen LogP contribution in [0.3, 0.4) is 0 Å².